The van der Waals surface area contributed by atoms with E-state index in [9.17, 15) is 0 Å². The van der Waals surface area contributed by atoms with Crippen molar-refractivity contribution in [3.8, 4) is 22.8 Å². The lowest BCUT2D eigenvalue weighted by Crippen LogP contribution is -2.27. The molecule has 0 saturated carbocycles. The van der Waals surface area contributed by atoms with Crippen molar-refractivity contribution in [1.29, 1.82) is 0 Å². The highest BCUT2D eigenvalue weighted by atomic mass is 16.7. The summed E-state index contributed by atoms with van der Waals surface area (Å²) in [7, 11) is 0. The van der Waals surface area contributed by atoms with E-state index in [4.69, 9.17) is 14.5 Å². The summed E-state index contributed by atoms with van der Waals surface area (Å²) in [6, 6.07) is 18.0. The van der Waals surface area contributed by atoms with Gasteiger partial charge in [0.05, 0.1) is 5.69 Å². The van der Waals surface area contributed by atoms with Gasteiger partial charge in [-0.05, 0) is 38.5 Å². The van der Waals surface area contributed by atoms with Gasteiger partial charge in [0.25, 0.3) is 0 Å². The van der Waals surface area contributed by atoms with Gasteiger partial charge in [-0.25, -0.2) is 4.98 Å². The molecule has 0 aliphatic carbocycles. The van der Waals surface area contributed by atoms with Gasteiger partial charge in [0.2, 0.25) is 12.7 Å². The van der Waals surface area contributed by atoms with E-state index < -0.39 is 0 Å². The normalized spacial score (nSPS) is 12.7. The molecule has 0 saturated heterocycles. The van der Waals surface area contributed by atoms with Gasteiger partial charge in [-0.1, -0.05) is 36.4 Å². The summed E-state index contributed by atoms with van der Waals surface area (Å²) in [5.41, 5.74) is 2.88. The van der Waals surface area contributed by atoms with Crippen molar-refractivity contribution in [3.05, 3.63) is 60.2 Å². The standard InChI is InChI=1S/C22H24N4O2/c1-22(2,3)26-21-24-17(16-7-5-4-6-8-16)12-20(25-21)23-13-15-9-10-18-19(11-15)28-14-27-18/h4-12H,13-14H2,1-3H3,(H2,23,24,25,26). The third kappa shape index (κ3) is 4.34. The number of fused-ring (bicyclic) bond motifs is 1. The number of hydrogen-bond donors (Lipinski definition) is 2. The topological polar surface area (TPSA) is 68.3 Å². The minimum Gasteiger partial charge on any atom is -0.454 e. The average Bonchev–Trinajstić information content (AvgIpc) is 3.13. The highest BCUT2D eigenvalue weighted by Crippen LogP contribution is 2.32. The molecule has 0 fully saturated rings. The monoisotopic (exact) mass is 376 g/mol. The first-order valence-electron chi connectivity index (χ1n) is 9.31. The van der Waals surface area contributed by atoms with Crippen molar-refractivity contribution in [2.75, 3.05) is 17.4 Å². The van der Waals surface area contributed by atoms with Crippen LogP contribution in [0.1, 0.15) is 26.3 Å². The van der Waals surface area contributed by atoms with Gasteiger partial charge in [-0.2, -0.15) is 4.98 Å². The Hall–Kier alpha value is -3.28. The molecule has 4 rings (SSSR count). The molecule has 3 aromatic rings. The highest BCUT2D eigenvalue weighted by molar-refractivity contribution is 5.64. The molecule has 0 unspecified atom stereocenters. The summed E-state index contributed by atoms with van der Waals surface area (Å²) in [5.74, 6) is 2.93. The summed E-state index contributed by atoms with van der Waals surface area (Å²) in [4.78, 5) is 9.34. The van der Waals surface area contributed by atoms with Crippen LogP contribution < -0.4 is 20.1 Å². The SMILES string of the molecule is CC(C)(C)Nc1nc(NCc2ccc3c(c2)OCO3)cc(-c2ccccc2)n1. The zero-order chi connectivity index (χ0) is 19.6. The van der Waals surface area contributed by atoms with Crippen molar-refractivity contribution < 1.29 is 9.47 Å². The minimum absolute atomic E-state index is 0.135. The molecule has 144 valence electrons. The maximum absolute atomic E-state index is 5.46. The van der Waals surface area contributed by atoms with Crippen LogP contribution in [0.3, 0.4) is 0 Å². The van der Waals surface area contributed by atoms with E-state index >= 15 is 0 Å². The Bertz CT molecular complexity index is 968. The Morgan fingerprint density at radius 1 is 0.929 bits per heavy atom. The number of aromatic nitrogens is 2. The molecule has 1 aliphatic heterocycles. The lowest BCUT2D eigenvalue weighted by atomic mass is 10.1. The fraction of sp³-hybridized carbons (Fsp3) is 0.273. The molecule has 1 aliphatic rings. The summed E-state index contributed by atoms with van der Waals surface area (Å²) in [6.45, 7) is 7.17. The molecule has 6 nitrogen and oxygen atoms in total. The Balaban J connectivity index is 1.59. The van der Waals surface area contributed by atoms with Crippen molar-refractivity contribution in [1.82, 2.24) is 9.97 Å². The maximum Gasteiger partial charge on any atom is 0.231 e. The van der Waals surface area contributed by atoms with Crippen LogP contribution in [-0.2, 0) is 6.54 Å². The zero-order valence-electron chi connectivity index (χ0n) is 16.3. The van der Waals surface area contributed by atoms with Crippen molar-refractivity contribution in [2.45, 2.75) is 32.9 Å². The van der Waals surface area contributed by atoms with Crippen LogP contribution in [0, 0.1) is 0 Å². The van der Waals surface area contributed by atoms with Gasteiger partial charge in [0.15, 0.2) is 11.5 Å². The van der Waals surface area contributed by atoms with Gasteiger partial charge in [-0.15, -0.1) is 0 Å². The van der Waals surface area contributed by atoms with E-state index in [2.05, 4.69) is 36.4 Å². The number of rotatable bonds is 5. The lowest BCUT2D eigenvalue weighted by molar-refractivity contribution is 0.174. The summed E-state index contributed by atoms with van der Waals surface area (Å²) < 4.78 is 10.8. The van der Waals surface area contributed by atoms with Crippen molar-refractivity contribution >= 4 is 11.8 Å². The Kier molecular flexibility index (Phi) is 4.77. The fourth-order valence-corrected chi connectivity index (χ4v) is 2.93. The third-order valence-corrected chi connectivity index (χ3v) is 4.19. The Morgan fingerprint density at radius 2 is 1.71 bits per heavy atom. The highest BCUT2D eigenvalue weighted by Gasteiger charge is 2.15. The number of anilines is 2. The average molecular weight is 376 g/mol. The van der Waals surface area contributed by atoms with Crippen LogP contribution in [0.25, 0.3) is 11.3 Å². The van der Waals surface area contributed by atoms with Crippen LogP contribution in [0.5, 0.6) is 11.5 Å². The number of ether oxygens (including phenoxy) is 2. The fourth-order valence-electron chi connectivity index (χ4n) is 2.93. The number of benzene rings is 2. The quantitative estimate of drug-likeness (QED) is 0.673. The molecule has 0 bridgehead atoms. The Labute approximate surface area is 164 Å². The van der Waals surface area contributed by atoms with Gasteiger partial charge >= 0.3 is 0 Å². The largest absolute Gasteiger partial charge is 0.454 e. The second kappa shape index (κ2) is 7.38. The molecule has 0 amide bonds. The van der Waals surface area contributed by atoms with Gasteiger partial charge < -0.3 is 20.1 Å². The van der Waals surface area contributed by atoms with Crippen LogP contribution in [0.4, 0.5) is 11.8 Å². The van der Waals surface area contributed by atoms with Gasteiger partial charge in [-0.3, -0.25) is 0 Å². The van der Waals surface area contributed by atoms with E-state index in [0.29, 0.717) is 12.5 Å². The zero-order valence-corrected chi connectivity index (χ0v) is 16.3. The molecule has 0 spiro atoms. The molecule has 0 atom stereocenters. The van der Waals surface area contributed by atoms with E-state index in [-0.39, 0.29) is 12.3 Å². The molecule has 2 N–H and O–H groups in total. The van der Waals surface area contributed by atoms with E-state index in [1.807, 2.05) is 54.6 Å². The molecule has 6 heteroatoms. The van der Waals surface area contributed by atoms with Crippen LogP contribution >= 0.6 is 0 Å². The van der Waals surface area contributed by atoms with E-state index in [0.717, 1.165) is 34.1 Å². The van der Waals surface area contributed by atoms with Gasteiger partial charge in [0, 0.05) is 23.7 Å². The molecule has 2 aromatic carbocycles. The smallest absolute Gasteiger partial charge is 0.231 e. The van der Waals surface area contributed by atoms with Crippen LogP contribution in [0.2, 0.25) is 0 Å². The summed E-state index contributed by atoms with van der Waals surface area (Å²) in [5, 5.41) is 6.77. The summed E-state index contributed by atoms with van der Waals surface area (Å²) >= 11 is 0. The second-order valence-electron chi connectivity index (χ2n) is 7.74. The first-order chi connectivity index (χ1) is 13.5. The van der Waals surface area contributed by atoms with E-state index in [1.54, 1.807) is 0 Å². The Morgan fingerprint density at radius 3 is 2.50 bits per heavy atom. The predicted octanol–water partition coefficient (Wildman–Crippen LogP) is 4.69. The van der Waals surface area contributed by atoms with Crippen LogP contribution in [-0.4, -0.2) is 22.3 Å². The minimum atomic E-state index is -0.135. The first kappa shape index (κ1) is 18.1. The molecule has 1 aromatic heterocycles. The van der Waals surface area contributed by atoms with Crippen LogP contribution in [0.15, 0.2) is 54.6 Å². The second-order valence-corrected chi connectivity index (χ2v) is 7.74. The lowest BCUT2D eigenvalue weighted by Gasteiger charge is -2.21. The van der Waals surface area contributed by atoms with Crippen molar-refractivity contribution in [3.63, 3.8) is 0 Å². The third-order valence-electron chi connectivity index (χ3n) is 4.19. The molecular formula is C22H24N4O2. The predicted molar refractivity (Wildman–Crippen MR) is 111 cm³/mol. The van der Waals surface area contributed by atoms with E-state index in [1.165, 1.54) is 0 Å². The number of hydrogen-bond acceptors (Lipinski definition) is 6. The first-order valence-corrected chi connectivity index (χ1v) is 9.31. The maximum atomic E-state index is 5.46. The number of nitrogens with zero attached hydrogens (tertiary/aromatic N) is 2. The van der Waals surface area contributed by atoms with Gasteiger partial charge in [0.1, 0.15) is 5.82 Å². The van der Waals surface area contributed by atoms with Crippen molar-refractivity contribution in [2.24, 2.45) is 0 Å². The molecular weight excluding hydrogens is 352 g/mol. The number of nitrogens with one attached hydrogen (secondary N) is 2. The molecule has 0 radical (unpaired) electrons. The molecule has 28 heavy (non-hydrogen) atoms. The summed E-state index contributed by atoms with van der Waals surface area (Å²) in [6.07, 6.45) is 0. The molecule has 2 heterocycles.